The molecule has 0 unspecified atom stereocenters. The lowest BCUT2D eigenvalue weighted by Gasteiger charge is -2.14. The summed E-state index contributed by atoms with van der Waals surface area (Å²) < 4.78 is 11.5. The van der Waals surface area contributed by atoms with Crippen LogP contribution in [-0.4, -0.2) is 18.1 Å². The van der Waals surface area contributed by atoms with E-state index in [-0.39, 0.29) is 12.2 Å². The number of primary amides is 1. The van der Waals surface area contributed by atoms with Gasteiger partial charge in [0.2, 0.25) is 0 Å². The van der Waals surface area contributed by atoms with E-state index < -0.39 is 5.91 Å². The fourth-order valence-corrected chi connectivity index (χ4v) is 2.39. The van der Waals surface area contributed by atoms with Crippen molar-refractivity contribution >= 4 is 21.8 Å². The zero-order valence-corrected chi connectivity index (χ0v) is 12.9. The molecule has 0 radical (unpaired) electrons. The Bertz CT molecular complexity index is 673. The smallest absolute Gasteiger partial charge is 0.253 e. The van der Waals surface area contributed by atoms with Crippen molar-refractivity contribution in [3.8, 4) is 17.2 Å². The van der Waals surface area contributed by atoms with E-state index >= 15 is 0 Å². The first-order chi connectivity index (χ1) is 10.1. The summed E-state index contributed by atoms with van der Waals surface area (Å²) in [5.41, 5.74) is 6.33. The predicted octanol–water partition coefficient (Wildman–Crippen LogP) is 2.84. The van der Waals surface area contributed by atoms with Crippen LogP contribution in [0.3, 0.4) is 0 Å². The van der Waals surface area contributed by atoms with Crippen LogP contribution in [0.2, 0.25) is 0 Å². The minimum atomic E-state index is -0.594. The summed E-state index contributed by atoms with van der Waals surface area (Å²) >= 11 is 3.27. The van der Waals surface area contributed by atoms with Gasteiger partial charge in [0.1, 0.15) is 5.75 Å². The third-order valence-corrected chi connectivity index (χ3v) is 3.51. The number of aliphatic hydroxyl groups excluding tert-OH is 1. The van der Waals surface area contributed by atoms with E-state index in [1.165, 1.54) is 7.11 Å². The van der Waals surface area contributed by atoms with Gasteiger partial charge in [-0.1, -0.05) is 12.1 Å². The molecule has 0 saturated carbocycles. The number of aliphatic hydroxyl groups is 1. The van der Waals surface area contributed by atoms with Gasteiger partial charge in [0, 0.05) is 4.47 Å². The van der Waals surface area contributed by atoms with E-state index in [4.69, 9.17) is 20.3 Å². The van der Waals surface area contributed by atoms with Crippen LogP contribution in [0.5, 0.6) is 17.2 Å². The summed E-state index contributed by atoms with van der Waals surface area (Å²) in [7, 11) is 1.50. The fraction of sp³-hybridized carbons (Fsp3) is 0.133. The van der Waals surface area contributed by atoms with Crippen molar-refractivity contribution < 1.29 is 19.4 Å². The highest BCUT2D eigenvalue weighted by Gasteiger charge is 2.16. The summed E-state index contributed by atoms with van der Waals surface area (Å²) in [6.07, 6.45) is 0. The lowest BCUT2D eigenvalue weighted by molar-refractivity contribution is 0.0997. The molecule has 0 aliphatic heterocycles. The molecule has 2 aromatic rings. The molecule has 0 aliphatic rings. The van der Waals surface area contributed by atoms with Gasteiger partial charge < -0.3 is 20.3 Å². The molecule has 0 saturated heterocycles. The van der Waals surface area contributed by atoms with Crippen LogP contribution >= 0.6 is 15.9 Å². The zero-order valence-electron chi connectivity index (χ0n) is 11.3. The first kappa shape index (κ1) is 15.3. The molecule has 1 amide bonds. The maximum atomic E-state index is 11.5. The standard InChI is InChI=1S/C15H14BrNO4/c1-20-13-7-9(8-18)5-6-11(13)21-12-4-2-3-10(16)14(12)15(17)19/h2-7,18H,8H2,1H3,(H2,17,19). The van der Waals surface area contributed by atoms with Crippen LogP contribution in [-0.2, 0) is 6.61 Å². The number of ether oxygens (including phenoxy) is 2. The number of carbonyl (C=O) groups is 1. The number of methoxy groups -OCH3 is 1. The Labute approximate surface area is 130 Å². The number of carbonyl (C=O) groups excluding carboxylic acids is 1. The maximum Gasteiger partial charge on any atom is 0.253 e. The van der Waals surface area contributed by atoms with Crippen molar-refractivity contribution in [3.63, 3.8) is 0 Å². The summed E-state index contributed by atoms with van der Waals surface area (Å²) in [5.74, 6) is 0.614. The molecule has 110 valence electrons. The van der Waals surface area contributed by atoms with Gasteiger partial charge in [-0.25, -0.2) is 0 Å². The monoisotopic (exact) mass is 351 g/mol. The van der Waals surface area contributed by atoms with Crippen molar-refractivity contribution in [2.75, 3.05) is 7.11 Å². The van der Waals surface area contributed by atoms with Crippen molar-refractivity contribution in [1.29, 1.82) is 0 Å². The van der Waals surface area contributed by atoms with E-state index in [9.17, 15) is 4.79 Å². The molecule has 21 heavy (non-hydrogen) atoms. The Balaban J connectivity index is 2.43. The van der Waals surface area contributed by atoms with E-state index in [1.54, 1.807) is 36.4 Å². The highest BCUT2D eigenvalue weighted by molar-refractivity contribution is 9.10. The van der Waals surface area contributed by atoms with Crippen LogP contribution < -0.4 is 15.2 Å². The largest absolute Gasteiger partial charge is 0.493 e. The van der Waals surface area contributed by atoms with Gasteiger partial charge in [-0.15, -0.1) is 0 Å². The van der Waals surface area contributed by atoms with Gasteiger partial charge in [-0.05, 0) is 45.8 Å². The molecule has 0 heterocycles. The topological polar surface area (TPSA) is 81.8 Å². The number of hydrogen-bond donors (Lipinski definition) is 2. The number of rotatable bonds is 5. The average Bonchev–Trinajstić information content (AvgIpc) is 2.47. The van der Waals surface area contributed by atoms with Gasteiger partial charge in [-0.2, -0.15) is 0 Å². The van der Waals surface area contributed by atoms with Gasteiger partial charge in [-0.3, -0.25) is 4.79 Å². The maximum absolute atomic E-state index is 11.5. The average molecular weight is 352 g/mol. The van der Waals surface area contributed by atoms with Gasteiger partial charge in [0.05, 0.1) is 19.3 Å². The third-order valence-electron chi connectivity index (χ3n) is 2.85. The molecule has 2 aromatic carbocycles. The minimum absolute atomic E-state index is 0.0972. The van der Waals surface area contributed by atoms with Crippen molar-refractivity contribution in [2.45, 2.75) is 6.61 Å². The van der Waals surface area contributed by atoms with Crippen LogP contribution in [0.15, 0.2) is 40.9 Å². The molecule has 3 N–H and O–H groups in total. The highest BCUT2D eigenvalue weighted by atomic mass is 79.9. The van der Waals surface area contributed by atoms with E-state index in [1.807, 2.05) is 0 Å². The SMILES string of the molecule is COc1cc(CO)ccc1Oc1cccc(Br)c1C(N)=O. The second-order valence-corrected chi connectivity index (χ2v) is 5.08. The molecule has 6 heteroatoms. The normalized spacial score (nSPS) is 10.2. The first-order valence-corrected chi connectivity index (χ1v) is 6.90. The Hall–Kier alpha value is -2.05. The zero-order chi connectivity index (χ0) is 15.4. The first-order valence-electron chi connectivity index (χ1n) is 6.10. The molecular formula is C15H14BrNO4. The van der Waals surface area contributed by atoms with Gasteiger partial charge >= 0.3 is 0 Å². The Morgan fingerprint density at radius 3 is 2.62 bits per heavy atom. The predicted molar refractivity (Wildman–Crippen MR) is 81.7 cm³/mol. The van der Waals surface area contributed by atoms with Gasteiger partial charge in [0.25, 0.3) is 5.91 Å². The molecule has 0 fully saturated rings. The molecule has 2 rings (SSSR count). The van der Waals surface area contributed by atoms with Crippen molar-refractivity contribution in [2.24, 2.45) is 5.73 Å². The highest BCUT2D eigenvalue weighted by Crippen LogP contribution is 2.35. The molecule has 0 aliphatic carbocycles. The number of halogens is 1. The Morgan fingerprint density at radius 1 is 1.24 bits per heavy atom. The summed E-state index contributed by atoms with van der Waals surface area (Å²) in [4.78, 5) is 11.5. The number of nitrogens with two attached hydrogens (primary N) is 1. The van der Waals surface area contributed by atoms with E-state index in [2.05, 4.69) is 15.9 Å². The van der Waals surface area contributed by atoms with Crippen LogP contribution in [0.25, 0.3) is 0 Å². The quantitative estimate of drug-likeness (QED) is 0.867. The summed E-state index contributed by atoms with van der Waals surface area (Å²) in [6.45, 7) is -0.0972. The lowest BCUT2D eigenvalue weighted by atomic mass is 10.2. The molecule has 0 aromatic heterocycles. The van der Waals surface area contributed by atoms with E-state index in [0.29, 0.717) is 27.3 Å². The van der Waals surface area contributed by atoms with Crippen molar-refractivity contribution in [3.05, 3.63) is 52.0 Å². The second kappa shape index (κ2) is 6.60. The third kappa shape index (κ3) is 3.34. The van der Waals surface area contributed by atoms with Gasteiger partial charge in [0.15, 0.2) is 11.5 Å². The fourth-order valence-electron chi connectivity index (χ4n) is 1.84. The Kier molecular flexibility index (Phi) is 4.82. The van der Waals surface area contributed by atoms with E-state index in [0.717, 1.165) is 0 Å². The number of amides is 1. The molecular weight excluding hydrogens is 338 g/mol. The number of hydrogen-bond acceptors (Lipinski definition) is 4. The second-order valence-electron chi connectivity index (χ2n) is 4.22. The van der Waals surface area contributed by atoms with Crippen LogP contribution in [0.4, 0.5) is 0 Å². The van der Waals surface area contributed by atoms with Crippen LogP contribution in [0.1, 0.15) is 15.9 Å². The molecule has 5 nitrogen and oxygen atoms in total. The van der Waals surface area contributed by atoms with Crippen molar-refractivity contribution in [1.82, 2.24) is 0 Å². The molecule has 0 atom stereocenters. The molecule has 0 spiro atoms. The van der Waals surface area contributed by atoms with Crippen LogP contribution in [0, 0.1) is 0 Å². The minimum Gasteiger partial charge on any atom is -0.493 e. The number of benzene rings is 2. The summed E-state index contributed by atoms with van der Waals surface area (Å²) in [5, 5.41) is 9.13. The Morgan fingerprint density at radius 2 is 2.00 bits per heavy atom. The summed E-state index contributed by atoms with van der Waals surface area (Å²) in [6, 6.07) is 10.1. The molecule has 0 bridgehead atoms. The lowest BCUT2D eigenvalue weighted by Crippen LogP contribution is -2.13.